The van der Waals surface area contributed by atoms with Crippen LogP contribution in [0, 0.1) is 0 Å². The van der Waals surface area contributed by atoms with Crippen LogP contribution in [0.3, 0.4) is 0 Å². The van der Waals surface area contributed by atoms with Crippen LogP contribution >= 0.6 is 11.3 Å². The van der Waals surface area contributed by atoms with E-state index >= 15 is 0 Å². The fraction of sp³-hybridized carbons (Fsp3) is 0.250. The molecular weight excluding hydrogens is 206 g/mol. The number of benzene rings is 1. The molecule has 0 N–H and O–H groups in total. The van der Waals surface area contributed by atoms with Crippen LogP contribution in [0.2, 0.25) is 0 Å². The van der Waals surface area contributed by atoms with Crippen molar-refractivity contribution in [3.63, 3.8) is 0 Å². The molecular formula is C12H13NOS. The molecule has 0 spiro atoms. The first-order valence-electron chi connectivity index (χ1n) is 5.04. The number of nitrogens with zero attached hydrogens (tertiary/aromatic N) is 1. The van der Waals surface area contributed by atoms with Crippen LogP contribution in [-0.4, -0.2) is 4.57 Å². The van der Waals surface area contributed by atoms with Crippen molar-refractivity contribution in [2.45, 2.75) is 19.4 Å². The van der Waals surface area contributed by atoms with Crippen molar-refractivity contribution in [1.29, 1.82) is 0 Å². The van der Waals surface area contributed by atoms with E-state index in [0.717, 1.165) is 19.4 Å². The Morgan fingerprint density at radius 1 is 1.20 bits per heavy atom. The summed E-state index contributed by atoms with van der Waals surface area (Å²) in [5.74, 6) is 0. The van der Waals surface area contributed by atoms with Gasteiger partial charge in [0, 0.05) is 18.1 Å². The number of hydrogen-bond donors (Lipinski definition) is 0. The first-order valence-corrected chi connectivity index (χ1v) is 5.92. The summed E-state index contributed by atoms with van der Waals surface area (Å²) in [5.41, 5.74) is 1.33. The summed E-state index contributed by atoms with van der Waals surface area (Å²) in [4.78, 5) is 11.4. The highest BCUT2D eigenvalue weighted by molar-refractivity contribution is 7.07. The number of thiazole rings is 1. The number of hydrogen-bond acceptors (Lipinski definition) is 2. The lowest BCUT2D eigenvalue weighted by Crippen LogP contribution is -2.12. The molecule has 0 unspecified atom stereocenters. The summed E-state index contributed by atoms with van der Waals surface area (Å²) in [7, 11) is 0. The molecule has 2 aromatic rings. The molecule has 78 valence electrons. The van der Waals surface area contributed by atoms with E-state index in [9.17, 15) is 4.79 Å². The van der Waals surface area contributed by atoms with Crippen molar-refractivity contribution >= 4 is 11.3 Å². The molecule has 0 aliphatic carbocycles. The van der Waals surface area contributed by atoms with E-state index in [1.54, 1.807) is 4.57 Å². The van der Waals surface area contributed by atoms with Crippen molar-refractivity contribution in [1.82, 2.24) is 4.57 Å². The van der Waals surface area contributed by atoms with Gasteiger partial charge in [0.2, 0.25) is 0 Å². The average Bonchev–Trinajstić information content (AvgIpc) is 2.66. The number of aromatic nitrogens is 1. The Kier molecular flexibility index (Phi) is 3.35. The smallest absolute Gasteiger partial charge is 0.306 e. The summed E-state index contributed by atoms with van der Waals surface area (Å²) in [5, 5.41) is 1.84. The van der Waals surface area contributed by atoms with Crippen LogP contribution in [0.25, 0.3) is 0 Å². The van der Waals surface area contributed by atoms with Gasteiger partial charge in [-0.05, 0) is 18.4 Å². The Morgan fingerprint density at radius 2 is 2.00 bits per heavy atom. The van der Waals surface area contributed by atoms with Crippen LogP contribution in [-0.2, 0) is 13.0 Å². The normalized spacial score (nSPS) is 10.4. The minimum absolute atomic E-state index is 0.142. The van der Waals surface area contributed by atoms with Gasteiger partial charge in [-0.25, -0.2) is 0 Å². The van der Waals surface area contributed by atoms with E-state index < -0.39 is 0 Å². The molecule has 1 aromatic heterocycles. The molecule has 0 aliphatic rings. The summed E-state index contributed by atoms with van der Waals surface area (Å²) in [6.45, 7) is 0.817. The van der Waals surface area contributed by atoms with Crippen molar-refractivity contribution in [3.05, 3.63) is 57.1 Å². The highest BCUT2D eigenvalue weighted by Crippen LogP contribution is 2.03. The summed E-state index contributed by atoms with van der Waals surface area (Å²) < 4.78 is 1.77. The van der Waals surface area contributed by atoms with Crippen molar-refractivity contribution in [2.24, 2.45) is 0 Å². The topological polar surface area (TPSA) is 22.0 Å². The molecule has 0 saturated heterocycles. The minimum atomic E-state index is 0.142. The van der Waals surface area contributed by atoms with Crippen LogP contribution in [0.15, 0.2) is 46.7 Å². The standard InChI is InChI=1S/C12H13NOS/c14-12-13(9-10-15-12)8-4-7-11-5-2-1-3-6-11/h1-3,5-6,9-10H,4,7-8H2. The van der Waals surface area contributed by atoms with Crippen molar-refractivity contribution in [3.8, 4) is 0 Å². The molecule has 1 aromatic carbocycles. The van der Waals surface area contributed by atoms with E-state index in [-0.39, 0.29) is 4.87 Å². The quantitative estimate of drug-likeness (QED) is 0.774. The van der Waals surface area contributed by atoms with Gasteiger partial charge < -0.3 is 4.57 Å². The van der Waals surface area contributed by atoms with Gasteiger partial charge in [0.15, 0.2) is 0 Å². The number of aryl methyl sites for hydroxylation is 2. The summed E-state index contributed by atoms with van der Waals surface area (Å²) in [6.07, 6.45) is 3.90. The van der Waals surface area contributed by atoms with Crippen molar-refractivity contribution in [2.75, 3.05) is 0 Å². The van der Waals surface area contributed by atoms with Gasteiger partial charge in [-0.3, -0.25) is 4.79 Å². The monoisotopic (exact) mass is 219 g/mol. The fourth-order valence-corrected chi connectivity index (χ4v) is 2.17. The third-order valence-corrected chi connectivity index (χ3v) is 3.05. The fourth-order valence-electron chi connectivity index (χ4n) is 1.55. The van der Waals surface area contributed by atoms with Gasteiger partial charge in [-0.2, -0.15) is 0 Å². The Hall–Kier alpha value is -1.35. The minimum Gasteiger partial charge on any atom is -0.306 e. The zero-order valence-electron chi connectivity index (χ0n) is 8.43. The predicted octanol–water partition coefficient (Wildman–Crippen LogP) is 2.54. The van der Waals surface area contributed by atoms with Gasteiger partial charge >= 0.3 is 4.87 Å². The molecule has 0 saturated carbocycles. The molecule has 0 bridgehead atoms. The molecule has 15 heavy (non-hydrogen) atoms. The highest BCUT2D eigenvalue weighted by atomic mass is 32.1. The lowest BCUT2D eigenvalue weighted by Gasteiger charge is -2.01. The zero-order chi connectivity index (χ0) is 10.5. The Balaban J connectivity index is 1.86. The predicted molar refractivity (Wildman–Crippen MR) is 63.3 cm³/mol. The van der Waals surface area contributed by atoms with Gasteiger partial charge in [-0.15, -0.1) is 0 Å². The molecule has 0 atom stereocenters. The lowest BCUT2D eigenvalue weighted by molar-refractivity contribution is 0.634. The molecule has 0 amide bonds. The SMILES string of the molecule is O=c1sccn1CCCc1ccccc1. The van der Waals surface area contributed by atoms with Gasteiger partial charge in [0.25, 0.3) is 0 Å². The van der Waals surface area contributed by atoms with Crippen LogP contribution in [0.5, 0.6) is 0 Å². The van der Waals surface area contributed by atoms with Crippen LogP contribution in [0.1, 0.15) is 12.0 Å². The summed E-state index contributed by atoms with van der Waals surface area (Å²) >= 11 is 1.26. The maximum absolute atomic E-state index is 11.2. The Bertz CT molecular complexity index is 458. The van der Waals surface area contributed by atoms with E-state index in [4.69, 9.17) is 0 Å². The second-order valence-corrected chi connectivity index (χ2v) is 4.31. The Morgan fingerprint density at radius 3 is 2.67 bits per heavy atom. The molecule has 3 heteroatoms. The molecule has 0 radical (unpaired) electrons. The molecule has 0 aliphatic heterocycles. The van der Waals surface area contributed by atoms with Gasteiger partial charge in [-0.1, -0.05) is 41.7 Å². The maximum Gasteiger partial charge on any atom is 0.307 e. The number of rotatable bonds is 4. The van der Waals surface area contributed by atoms with Crippen LogP contribution in [0.4, 0.5) is 0 Å². The van der Waals surface area contributed by atoms with Gasteiger partial charge in [0.1, 0.15) is 0 Å². The van der Waals surface area contributed by atoms with E-state index in [2.05, 4.69) is 12.1 Å². The zero-order valence-corrected chi connectivity index (χ0v) is 9.24. The average molecular weight is 219 g/mol. The molecule has 0 fully saturated rings. The lowest BCUT2D eigenvalue weighted by atomic mass is 10.1. The molecule has 2 nitrogen and oxygen atoms in total. The van der Waals surface area contributed by atoms with E-state index in [1.165, 1.54) is 16.9 Å². The highest BCUT2D eigenvalue weighted by Gasteiger charge is 1.96. The Labute approximate surface area is 92.8 Å². The third-order valence-electron chi connectivity index (χ3n) is 2.35. The van der Waals surface area contributed by atoms with Gasteiger partial charge in [0.05, 0.1) is 0 Å². The van der Waals surface area contributed by atoms with Crippen molar-refractivity contribution < 1.29 is 0 Å². The second-order valence-electron chi connectivity index (χ2n) is 3.45. The first kappa shape index (κ1) is 10.2. The largest absolute Gasteiger partial charge is 0.307 e. The molecule has 1 heterocycles. The third kappa shape index (κ3) is 2.80. The molecule has 2 rings (SSSR count). The van der Waals surface area contributed by atoms with E-state index in [0.29, 0.717) is 0 Å². The summed E-state index contributed by atoms with van der Waals surface area (Å²) in [6, 6.07) is 10.4. The second kappa shape index (κ2) is 4.94. The maximum atomic E-state index is 11.2. The first-order chi connectivity index (χ1) is 7.36. The van der Waals surface area contributed by atoms with Crippen LogP contribution < -0.4 is 4.87 Å². The van der Waals surface area contributed by atoms with E-state index in [1.807, 2.05) is 29.8 Å².